The summed E-state index contributed by atoms with van der Waals surface area (Å²) in [5.74, 6) is -0.0125. The van der Waals surface area contributed by atoms with Crippen LogP contribution in [0.2, 0.25) is 0 Å². The van der Waals surface area contributed by atoms with Crippen LogP contribution in [-0.2, 0) is 6.54 Å². The molecule has 0 saturated carbocycles. The Morgan fingerprint density at radius 3 is 2.52 bits per heavy atom. The number of carbonyl (C=O) groups excluding carboxylic acids is 1. The molecule has 0 aliphatic carbocycles. The number of aryl methyl sites for hydroxylation is 1. The Balaban J connectivity index is 1.96. The summed E-state index contributed by atoms with van der Waals surface area (Å²) in [6, 6.07) is 7.92. The maximum Gasteiger partial charge on any atom is 0.286 e. The normalized spacial score (nSPS) is 13.3. The monoisotopic (exact) mass is 313 g/mol. The minimum Gasteiger partial charge on any atom is -0.348 e. The van der Waals surface area contributed by atoms with Crippen molar-refractivity contribution in [1.82, 2.24) is 20.1 Å². The Bertz CT molecular complexity index is 795. The number of aromatic nitrogens is 3. The maximum absolute atomic E-state index is 12.5. The lowest BCUT2D eigenvalue weighted by Crippen LogP contribution is -2.37. The van der Waals surface area contributed by atoms with Crippen molar-refractivity contribution >= 4 is 17.5 Å². The summed E-state index contributed by atoms with van der Waals surface area (Å²) in [4.78, 5) is 26.4. The smallest absolute Gasteiger partial charge is 0.286 e. The van der Waals surface area contributed by atoms with Crippen molar-refractivity contribution in [3.8, 4) is 0 Å². The molecule has 7 nitrogen and oxygen atoms in total. The first-order valence-corrected chi connectivity index (χ1v) is 7.60. The zero-order valence-corrected chi connectivity index (χ0v) is 13.4. The number of carbonyl (C=O) groups is 1. The van der Waals surface area contributed by atoms with Crippen molar-refractivity contribution in [2.24, 2.45) is 0 Å². The van der Waals surface area contributed by atoms with E-state index in [9.17, 15) is 9.59 Å². The molecule has 0 fully saturated rings. The van der Waals surface area contributed by atoms with Crippen LogP contribution in [0, 0.1) is 6.92 Å². The van der Waals surface area contributed by atoms with Gasteiger partial charge >= 0.3 is 0 Å². The van der Waals surface area contributed by atoms with E-state index in [-0.39, 0.29) is 11.7 Å². The molecule has 120 valence electrons. The largest absolute Gasteiger partial charge is 0.348 e. The van der Waals surface area contributed by atoms with Crippen LogP contribution < -0.4 is 15.8 Å². The van der Waals surface area contributed by atoms with Crippen LogP contribution in [0.5, 0.6) is 0 Å². The molecule has 1 N–H and O–H groups in total. The van der Waals surface area contributed by atoms with E-state index in [1.807, 2.05) is 49.9 Å². The molecule has 0 unspecified atom stereocenters. The highest BCUT2D eigenvalue weighted by Gasteiger charge is 2.27. The van der Waals surface area contributed by atoms with E-state index >= 15 is 0 Å². The number of benzene rings is 1. The highest BCUT2D eigenvalue weighted by Crippen LogP contribution is 2.26. The Morgan fingerprint density at radius 2 is 1.87 bits per heavy atom. The Hall–Kier alpha value is -2.70. The van der Waals surface area contributed by atoms with Crippen LogP contribution in [0.15, 0.2) is 29.1 Å². The highest BCUT2D eigenvalue weighted by molar-refractivity contribution is 5.92. The number of fused-ring (bicyclic) bond motifs is 1. The molecule has 1 aliphatic heterocycles. The molecule has 2 aromatic rings. The van der Waals surface area contributed by atoms with Crippen LogP contribution in [0.1, 0.15) is 29.9 Å². The SMILES string of the molecule is Cc1ccc(N2CCn3c2nnc(C(=O)NC(C)C)c3=O)cc1. The number of nitrogens with one attached hydrogen (secondary N) is 1. The topological polar surface area (TPSA) is 80.1 Å². The average molecular weight is 313 g/mol. The molecule has 2 heterocycles. The first-order valence-electron chi connectivity index (χ1n) is 7.60. The van der Waals surface area contributed by atoms with Gasteiger partial charge in [0.1, 0.15) is 0 Å². The molecule has 0 saturated heterocycles. The van der Waals surface area contributed by atoms with Crippen LogP contribution in [0.25, 0.3) is 0 Å². The van der Waals surface area contributed by atoms with Gasteiger partial charge in [-0.25, -0.2) is 0 Å². The summed E-state index contributed by atoms with van der Waals surface area (Å²) >= 11 is 0. The fraction of sp³-hybridized carbons (Fsp3) is 0.375. The van der Waals surface area contributed by atoms with E-state index in [0.29, 0.717) is 19.0 Å². The fourth-order valence-corrected chi connectivity index (χ4v) is 2.55. The van der Waals surface area contributed by atoms with Crippen molar-refractivity contribution in [3.63, 3.8) is 0 Å². The second-order valence-electron chi connectivity index (χ2n) is 5.92. The molecular weight excluding hydrogens is 294 g/mol. The summed E-state index contributed by atoms with van der Waals surface area (Å²) in [5.41, 5.74) is 1.56. The van der Waals surface area contributed by atoms with Crippen molar-refractivity contribution < 1.29 is 4.79 Å². The van der Waals surface area contributed by atoms with Gasteiger partial charge in [-0.2, -0.15) is 0 Å². The minimum atomic E-state index is -0.485. The number of amides is 1. The second kappa shape index (κ2) is 5.83. The second-order valence-corrected chi connectivity index (χ2v) is 5.92. The molecular formula is C16H19N5O2. The molecule has 1 aromatic heterocycles. The van der Waals surface area contributed by atoms with Crippen LogP contribution >= 0.6 is 0 Å². The van der Waals surface area contributed by atoms with Crippen molar-refractivity contribution in [2.45, 2.75) is 33.4 Å². The van der Waals surface area contributed by atoms with E-state index in [2.05, 4.69) is 15.5 Å². The van der Waals surface area contributed by atoms with Gasteiger partial charge in [-0.05, 0) is 32.9 Å². The predicted molar refractivity (Wildman–Crippen MR) is 87.1 cm³/mol. The standard InChI is InChI=1S/C16H19N5O2/c1-10(2)17-14(22)13-15(23)21-9-8-20(16(21)19-18-13)12-6-4-11(3)5-7-12/h4-7,10H,8-9H2,1-3H3,(H,17,22). The van der Waals surface area contributed by atoms with Gasteiger partial charge in [0.25, 0.3) is 11.5 Å². The fourth-order valence-electron chi connectivity index (χ4n) is 2.55. The van der Waals surface area contributed by atoms with Gasteiger partial charge in [-0.15, -0.1) is 10.2 Å². The number of hydrogen-bond donors (Lipinski definition) is 1. The van der Waals surface area contributed by atoms with Gasteiger partial charge in [-0.1, -0.05) is 17.7 Å². The summed E-state index contributed by atoms with van der Waals surface area (Å²) in [6.07, 6.45) is 0. The van der Waals surface area contributed by atoms with Gasteiger partial charge in [0.2, 0.25) is 11.6 Å². The van der Waals surface area contributed by atoms with Crippen molar-refractivity contribution in [2.75, 3.05) is 11.4 Å². The Morgan fingerprint density at radius 1 is 1.17 bits per heavy atom. The zero-order valence-electron chi connectivity index (χ0n) is 13.4. The van der Waals surface area contributed by atoms with Crippen molar-refractivity contribution in [1.29, 1.82) is 0 Å². The lowest BCUT2D eigenvalue weighted by atomic mass is 10.2. The lowest BCUT2D eigenvalue weighted by Gasteiger charge is -2.17. The molecule has 3 rings (SSSR count). The lowest BCUT2D eigenvalue weighted by molar-refractivity contribution is 0.0934. The van der Waals surface area contributed by atoms with Crippen LogP contribution in [-0.4, -0.2) is 33.3 Å². The molecule has 1 aliphatic rings. The first kappa shape index (κ1) is 15.2. The number of rotatable bonds is 3. The van der Waals surface area contributed by atoms with Gasteiger partial charge in [-0.3, -0.25) is 14.2 Å². The van der Waals surface area contributed by atoms with E-state index in [4.69, 9.17) is 0 Å². The van der Waals surface area contributed by atoms with E-state index in [1.54, 1.807) is 0 Å². The van der Waals surface area contributed by atoms with E-state index in [0.717, 1.165) is 11.3 Å². The van der Waals surface area contributed by atoms with Gasteiger partial charge < -0.3 is 10.2 Å². The van der Waals surface area contributed by atoms with E-state index < -0.39 is 11.5 Å². The Kier molecular flexibility index (Phi) is 3.85. The van der Waals surface area contributed by atoms with Crippen LogP contribution in [0.3, 0.4) is 0 Å². The third kappa shape index (κ3) is 2.81. The molecule has 0 spiro atoms. The summed E-state index contributed by atoms with van der Waals surface area (Å²) in [6.45, 7) is 6.79. The number of nitrogens with zero attached hydrogens (tertiary/aromatic N) is 4. The minimum absolute atomic E-state index is 0.0639. The molecule has 1 aromatic carbocycles. The predicted octanol–water partition coefficient (Wildman–Crippen LogP) is 1.24. The zero-order chi connectivity index (χ0) is 16.6. The average Bonchev–Trinajstić information content (AvgIpc) is 2.92. The number of anilines is 2. The molecule has 0 radical (unpaired) electrons. The first-order chi connectivity index (χ1) is 11.0. The van der Waals surface area contributed by atoms with Crippen molar-refractivity contribution in [3.05, 3.63) is 45.9 Å². The molecule has 0 bridgehead atoms. The molecule has 0 atom stereocenters. The number of hydrogen-bond acceptors (Lipinski definition) is 5. The summed E-state index contributed by atoms with van der Waals surface area (Å²) < 4.78 is 1.50. The van der Waals surface area contributed by atoms with E-state index in [1.165, 1.54) is 4.57 Å². The molecule has 1 amide bonds. The Labute approximate surface area is 134 Å². The molecule has 23 heavy (non-hydrogen) atoms. The summed E-state index contributed by atoms with van der Waals surface area (Å²) in [7, 11) is 0. The van der Waals surface area contributed by atoms with Gasteiger partial charge in [0.05, 0.1) is 0 Å². The van der Waals surface area contributed by atoms with Gasteiger partial charge in [0.15, 0.2) is 0 Å². The molecule has 7 heteroatoms. The third-order valence-electron chi connectivity index (χ3n) is 3.70. The third-order valence-corrected chi connectivity index (χ3v) is 3.70. The van der Waals surface area contributed by atoms with Gasteiger partial charge in [0, 0.05) is 24.8 Å². The highest BCUT2D eigenvalue weighted by atomic mass is 16.2. The summed E-state index contributed by atoms with van der Waals surface area (Å²) in [5, 5.41) is 10.6. The maximum atomic E-state index is 12.5. The van der Waals surface area contributed by atoms with Crippen LogP contribution in [0.4, 0.5) is 11.6 Å². The quantitative estimate of drug-likeness (QED) is 0.922.